The van der Waals surface area contributed by atoms with Crippen molar-refractivity contribution in [3.05, 3.63) is 87.6 Å². The number of H-pyrrole nitrogens is 2. The molecule has 6 heterocycles. The van der Waals surface area contributed by atoms with Crippen LogP contribution in [0.25, 0.3) is 17.7 Å². The third-order valence-electron chi connectivity index (χ3n) is 4.96. The summed E-state index contributed by atoms with van der Waals surface area (Å²) in [7, 11) is 0. The molecule has 0 radical (unpaired) electrons. The van der Waals surface area contributed by atoms with Crippen LogP contribution in [0.3, 0.4) is 0 Å². The van der Waals surface area contributed by atoms with Gasteiger partial charge in [0.05, 0.1) is 22.8 Å². The monoisotopic (exact) mass is 322 g/mol. The molecule has 2 aromatic rings. The number of aromatic nitrogens is 2. The van der Waals surface area contributed by atoms with Crippen LogP contribution >= 0.6 is 0 Å². The Bertz CT molecular complexity index is 1250. The Hall–Kier alpha value is -3.40. The molecular weight excluding hydrogens is 308 g/mol. The first-order valence-corrected chi connectivity index (χ1v) is 8.40. The number of nitrogens with one attached hydrogen (secondary N) is 2. The lowest BCUT2D eigenvalue weighted by Crippen LogP contribution is -2.11. The highest BCUT2D eigenvalue weighted by molar-refractivity contribution is 6.21. The zero-order valence-corrected chi connectivity index (χ0v) is 13.4. The van der Waals surface area contributed by atoms with Crippen molar-refractivity contribution in [2.24, 2.45) is 9.98 Å². The zero-order chi connectivity index (χ0) is 16.4. The minimum atomic E-state index is 0.848. The summed E-state index contributed by atoms with van der Waals surface area (Å²) >= 11 is 0. The van der Waals surface area contributed by atoms with Crippen molar-refractivity contribution < 1.29 is 0 Å². The van der Waals surface area contributed by atoms with E-state index in [0.717, 1.165) is 51.3 Å². The molecule has 0 spiro atoms. The maximum Gasteiger partial charge on any atom is 0.0694 e. The van der Waals surface area contributed by atoms with Gasteiger partial charge in [0.25, 0.3) is 0 Å². The average molecular weight is 322 g/mol. The quantitative estimate of drug-likeness (QED) is 0.748. The molecule has 6 rings (SSSR count). The van der Waals surface area contributed by atoms with Gasteiger partial charge in [-0.05, 0) is 60.7 Å². The van der Waals surface area contributed by atoms with E-state index in [1.165, 1.54) is 11.1 Å². The number of rotatable bonds is 0. The molecule has 0 saturated carbocycles. The minimum Gasteiger partial charge on any atom is -0.355 e. The molecule has 0 fully saturated rings. The Balaban J connectivity index is 1.69. The largest absolute Gasteiger partial charge is 0.355 e. The van der Waals surface area contributed by atoms with E-state index in [-0.39, 0.29) is 0 Å². The van der Waals surface area contributed by atoms with Crippen LogP contribution in [0.2, 0.25) is 0 Å². The van der Waals surface area contributed by atoms with Gasteiger partial charge in [-0.1, -0.05) is 0 Å². The fourth-order valence-electron chi connectivity index (χ4n) is 3.73. The first-order valence-electron chi connectivity index (χ1n) is 8.40. The van der Waals surface area contributed by atoms with E-state index in [0.29, 0.717) is 0 Å². The molecule has 118 valence electrons. The highest BCUT2D eigenvalue weighted by Gasteiger charge is 2.25. The number of hydrogen-bond donors (Lipinski definition) is 2. The second-order valence-corrected chi connectivity index (χ2v) is 6.59. The van der Waals surface area contributed by atoms with Crippen LogP contribution in [0.15, 0.2) is 75.5 Å². The number of aliphatic imine (C=N–C) groups is 2. The normalized spacial score (nSPS) is 19.5. The molecule has 2 aromatic heterocycles. The SMILES string of the molecule is C1=CC2=C3CC(=C4C=CC3=N4)c3ccc([nH]3)C=c3ccc([nH]3)=CC1=N2. The Kier molecular flexibility index (Phi) is 2.37. The number of allylic oxidation sites excluding steroid dienone is 6. The van der Waals surface area contributed by atoms with E-state index in [9.17, 15) is 0 Å². The van der Waals surface area contributed by atoms with Crippen molar-refractivity contribution in [3.8, 4) is 0 Å². The van der Waals surface area contributed by atoms with Gasteiger partial charge in [-0.2, -0.15) is 0 Å². The number of nitrogens with zero attached hydrogens (tertiary/aromatic N) is 2. The summed E-state index contributed by atoms with van der Waals surface area (Å²) in [5.74, 6) is 0. The molecule has 0 aromatic carbocycles. The molecule has 0 aliphatic carbocycles. The van der Waals surface area contributed by atoms with E-state index >= 15 is 0 Å². The van der Waals surface area contributed by atoms with Gasteiger partial charge < -0.3 is 9.97 Å². The minimum absolute atomic E-state index is 0.848. The summed E-state index contributed by atoms with van der Waals surface area (Å²) in [5.41, 5.74) is 8.69. The van der Waals surface area contributed by atoms with E-state index < -0.39 is 0 Å². The van der Waals surface area contributed by atoms with Crippen LogP contribution in [0, 0.1) is 0 Å². The highest BCUT2D eigenvalue weighted by atomic mass is 14.8. The smallest absolute Gasteiger partial charge is 0.0694 e. The van der Waals surface area contributed by atoms with Gasteiger partial charge in [0.2, 0.25) is 0 Å². The summed E-state index contributed by atoms with van der Waals surface area (Å²) in [6.07, 6.45) is 13.4. The molecule has 4 aliphatic heterocycles. The molecule has 25 heavy (non-hydrogen) atoms. The highest BCUT2D eigenvalue weighted by Crippen LogP contribution is 2.37. The zero-order valence-electron chi connectivity index (χ0n) is 13.4. The third-order valence-corrected chi connectivity index (χ3v) is 4.96. The van der Waals surface area contributed by atoms with E-state index in [2.05, 4.69) is 70.7 Å². The Morgan fingerprint density at radius 2 is 1.56 bits per heavy atom. The molecule has 0 unspecified atom stereocenters. The van der Waals surface area contributed by atoms with Gasteiger partial charge in [-0.15, -0.1) is 0 Å². The predicted octanol–water partition coefficient (Wildman–Crippen LogP) is 2.36. The van der Waals surface area contributed by atoms with E-state index in [1.807, 2.05) is 0 Å². The van der Waals surface area contributed by atoms with Crippen molar-refractivity contribution in [1.82, 2.24) is 9.97 Å². The standard InChI is InChI=1S/C21H14N4/c1-2-13-10-15-4-6-19(24-15)17-11-16(20-7-8-21(17)25-20)18-5-3-14(23-18)9-12(1)22-13/h1-10,22-23H,11H2. The lowest BCUT2D eigenvalue weighted by molar-refractivity contribution is 1.17. The Morgan fingerprint density at radius 1 is 0.720 bits per heavy atom. The fourth-order valence-corrected chi connectivity index (χ4v) is 3.73. The first kappa shape index (κ1) is 13.0. The fraction of sp³-hybridized carbons (Fsp3) is 0.0476. The summed E-state index contributed by atoms with van der Waals surface area (Å²) in [5, 5.41) is 2.12. The van der Waals surface area contributed by atoms with Gasteiger partial charge in [0, 0.05) is 39.7 Å². The molecular formula is C21H14N4. The average Bonchev–Trinajstić information content (AvgIpc) is 3.38. The number of fused-ring (bicyclic) bond motifs is 10. The Morgan fingerprint density at radius 3 is 2.52 bits per heavy atom. The lowest BCUT2D eigenvalue weighted by Gasteiger charge is -2.15. The molecule has 0 atom stereocenters. The number of aromatic amines is 2. The predicted molar refractivity (Wildman–Crippen MR) is 101 cm³/mol. The molecule has 4 aliphatic rings. The van der Waals surface area contributed by atoms with Crippen LogP contribution in [-0.4, -0.2) is 21.4 Å². The second kappa shape index (κ2) is 4.57. The summed E-state index contributed by atoms with van der Waals surface area (Å²) in [4.78, 5) is 16.5. The van der Waals surface area contributed by atoms with Crippen LogP contribution in [0.4, 0.5) is 0 Å². The number of hydrogen-bond acceptors (Lipinski definition) is 2. The third kappa shape index (κ3) is 1.94. The summed E-state index contributed by atoms with van der Waals surface area (Å²) in [6.45, 7) is 0. The van der Waals surface area contributed by atoms with Gasteiger partial charge in [0.15, 0.2) is 0 Å². The van der Waals surface area contributed by atoms with Crippen LogP contribution in [0.1, 0.15) is 17.8 Å². The van der Waals surface area contributed by atoms with Crippen molar-refractivity contribution in [1.29, 1.82) is 0 Å². The van der Waals surface area contributed by atoms with Gasteiger partial charge in [-0.25, -0.2) is 9.98 Å². The van der Waals surface area contributed by atoms with Crippen LogP contribution < -0.4 is 10.7 Å². The van der Waals surface area contributed by atoms with Crippen LogP contribution in [0.5, 0.6) is 0 Å². The second-order valence-electron chi connectivity index (χ2n) is 6.59. The van der Waals surface area contributed by atoms with E-state index in [1.54, 1.807) is 0 Å². The topological polar surface area (TPSA) is 56.3 Å². The molecule has 2 N–H and O–H groups in total. The molecule has 0 amide bonds. The van der Waals surface area contributed by atoms with Crippen molar-refractivity contribution in [2.75, 3.05) is 0 Å². The lowest BCUT2D eigenvalue weighted by atomic mass is 9.95. The van der Waals surface area contributed by atoms with Crippen molar-refractivity contribution >= 4 is 29.1 Å². The Labute approximate surface area is 143 Å². The molecule has 10 bridgehead atoms. The summed E-state index contributed by atoms with van der Waals surface area (Å²) < 4.78 is 0. The molecule has 0 saturated heterocycles. The maximum atomic E-state index is 4.82. The van der Waals surface area contributed by atoms with Gasteiger partial charge in [-0.3, -0.25) is 0 Å². The van der Waals surface area contributed by atoms with Crippen molar-refractivity contribution in [2.45, 2.75) is 6.42 Å². The van der Waals surface area contributed by atoms with Gasteiger partial charge >= 0.3 is 0 Å². The van der Waals surface area contributed by atoms with Crippen LogP contribution in [-0.2, 0) is 0 Å². The molecule has 4 heteroatoms. The van der Waals surface area contributed by atoms with E-state index in [4.69, 9.17) is 9.98 Å². The maximum absolute atomic E-state index is 4.82. The van der Waals surface area contributed by atoms with Crippen molar-refractivity contribution in [3.63, 3.8) is 0 Å². The first-order chi connectivity index (χ1) is 12.3. The summed E-state index contributed by atoms with van der Waals surface area (Å²) in [6, 6.07) is 8.41. The van der Waals surface area contributed by atoms with Gasteiger partial charge in [0.1, 0.15) is 0 Å². The molecule has 4 nitrogen and oxygen atoms in total.